The molecule has 0 bridgehead atoms. The van der Waals surface area contributed by atoms with Crippen molar-refractivity contribution in [3.63, 3.8) is 0 Å². The Labute approximate surface area is 142 Å². The Bertz CT molecular complexity index is 805. The third kappa shape index (κ3) is 2.74. The first-order valence-electron chi connectivity index (χ1n) is 7.14. The van der Waals surface area contributed by atoms with Gasteiger partial charge in [0, 0.05) is 0 Å². The molecule has 1 saturated heterocycles. The highest BCUT2D eigenvalue weighted by atomic mass is 35.5. The number of imide groups is 1. The Morgan fingerprint density at radius 2 is 2.04 bits per heavy atom. The third-order valence-corrected chi connectivity index (χ3v) is 4.07. The van der Waals surface area contributed by atoms with Crippen LogP contribution in [0.1, 0.15) is 12.7 Å². The maximum atomic E-state index is 12.6. The molecule has 2 N–H and O–H groups in total. The first kappa shape index (κ1) is 16.1. The fourth-order valence-electron chi connectivity index (χ4n) is 2.47. The van der Waals surface area contributed by atoms with Crippen LogP contribution in [0, 0.1) is 0 Å². The lowest BCUT2D eigenvalue weighted by atomic mass is 9.99. The van der Waals surface area contributed by atoms with Gasteiger partial charge in [-0.25, -0.2) is 4.79 Å². The molecule has 4 amide bonds. The van der Waals surface area contributed by atoms with Gasteiger partial charge in [0.1, 0.15) is 12.3 Å². The number of nitrogens with zero attached hydrogens (tertiary/aromatic N) is 1. The second kappa shape index (κ2) is 6.01. The number of anilines is 1. The fourth-order valence-corrected chi connectivity index (χ4v) is 2.65. The van der Waals surface area contributed by atoms with Crippen molar-refractivity contribution in [2.45, 2.75) is 12.5 Å². The van der Waals surface area contributed by atoms with E-state index in [9.17, 15) is 14.4 Å². The lowest BCUT2D eigenvalue weighted by molar-refractivity contribution is -0.134. The predicted molar refractivity (Wildman–Crippen MR) is 86.4 cm³/mol. The fraction of sp³-hybridized carbons (Fsp3) is 0.188. The number of carbonyl (C=O) groups is 3. The number of hydrogen-bond acceptors (Lipinski definition) is 4. The van der Waals surface area contributed by atoms with Gasteiger partial charge in [0.25, 0.3) is 5.91 Å². The van der Waals surface area contributed by atoms with E-state index in [0.29, 0.717) is 16.5 Å². The molecule has 1 fully saturated rings. The van der Waals surface area contributed by atoms with Crippen LogP contribution in [-0.4, -0.2) is 29.3 Å². The summed E-state index contributed by atoms with van der Waals surface area (Å²) >= 11 is 5.97. The van der Waals surface area contributed by atoms with Crippen LogP contribution in [0.3, 0.4) is 0 Å². The molecule has 0 aliphatic carbocycles. The summed E-state index contributed by atoms with van der Waals surface area (Å²) in [4.78, 5) is 37.6. The number of carbonyl (C=O) groups excluding carboxylic acids is 3. The number of halogens is 1. The summed E-state index contributed by atoms with van der Waals surface area (Å²) in [7, 11) is 0. The zero-order chi connectivity index (χ0) is 17.3. The second-order valence-corrected chi connectivity index (χ2v) is 5.86. The summed E-state index contributed by atoms with van der Waals surface area (Å²) in [6.07, 6.45) is 1.41. The van der Waals surface area contributed by atoms with E-state index in [-0.39, 0.29) is 0 Å². The van der Waals surface area contributed by atoms with Crippen molar-refractivity contribution >= 4 is 35.1 Å². The minimum absolute atomic E-state index is 0.301. The van der Waals surface area contributed by atoms with Crippen LogP contribution in [0.5, 0.6) is 0 Å². The number of benzene rings is 1. The molecule has 1 aliphatic heterocycles. The van der Waals surface area contributed by atoms with Crippen LogP contribution in [0.2, 0.25) is 5.02 Å². The molecule has 1 aromatic heterocycles. The van der Waals surface area contributed by atoms with E-state index in [2.05, 4.69) is 10.6 Å². The highest BCUT2D eigenvalue weighted by Crippen LogP contribution is 2.29. The highest BCUT2D eigenvalue weighted by Gasteiger charge is 2.51. The van der Waals surface area contributed by atoms with Crippen LogP contribution in [-0.2, 0) is 15.1 Å². The van der Waals surface area contributed by atoms with Crippen molar-refractivity contribution in [1.29, 1.82) is 0 Å². The number of urea groups is 1. The number of nitrogens with one attached hydrogen (secondary N) is 2. The van der Waals surface area contributed by atoms with Crippen molar-refractivity contribution < 1.29 is 18.8 Å². The zero-order valence-electron chi connectivity index (χ0n) is 12.7. The number of amides is 4. The molecule has 7 nitrogen and oxygen atoms in total. The largest absolute Gasteiger partial charge is 0.466 e. The van der Waals surface area contributed by atoms with Crippen LogP contribution in [0.25, 0.3) is 0 Å². The minimum atomic E-state index is -1.33. The molecule has 2 heterocycles. The number of para-hydroxylation sites is 1. The average Bonchev–Trinajstić information content (AvgIpc) is 3.14. The summed E-state index contributed by atoms with van der Waals surface area (Å²) < 4.78 is 5.22. The first-order chi connectivity index (χ1) is 11.4. The predicted octanol–water partition coefficient (Wildman–Crippen LogP) is 2.34. The Hall–Kier alpha value is -2.80. The van der Waals surface area contributed by atoms with Gasteiger partial charge in [-0.05, 0) is 31.2 Å². The van der Waals surface area contributed by atoms with Crippen molar-refractivity contribution in [3.8, 4) is 0 Å². The van der Waals surface area contributed by atoms with Crippen LogP contribution in [0.15, 0.2) is 47.1 Å². The molecule has 0 saturated carbocycles. The van der Waals surface area contributed by atoms with Gasteiger partial charge in [-0.15, -0.1) is 0 Å². The molecule has 24 heavy (non-hydrogen) atoms. The lowest BCUT2D eigenvalue weighted by Gasteiger charge is -2.18. The molecule has 1 unspecified atom stereocenters. The number of rotatable bonds is 4. The summed E-state index contributed by atoms with van der Waals surface area (Å²) in [6, 6.07) is 9.23. The molecule has 1 atom stereocenters. The normalized spacial score (nSPS) is 20.2. The van der Waals surface area contributed by atoms with Crippen LogP contribution < -0.4 is 10.6 Å². The zero-order valence-corrected chi connectivity index (χ0v) is 13.5. The van der Waals surface area contributed by atoms with Gasteiger partial charge in [-0.2, -0.15) is 0 Å². The lowest BCUT2D eigenvalue weighted by Crippen LogP contribution is -2.41. The third-order valence-electron chi connectivity index (χ3n) is 3.74. The second-order valence-electron chi connectivity index (χ2n) is 5.45. The summed E-state index contributed by atoms with van der Waals surface area (Å²) in [5.41, 5.74) is -0.921. The SMILES string of the molecule is CC1(c2ccco2)NC(=O)N(CC(=O)Nc2ccccc2Cl)C1=O. The van der Waals surface area contributed by atoms with E-state index in [4.69, 9.17) is 16.0 Å². The van der Waals surface area contributed by atoms with E-state index in [0.717, 1.165) is 4.90 Å². The average molecular weight is 348 g/mol. The Balaban J connectivity index is 1.74. The van der Waals surface area contributed by atoms with Gasteiger partial charge >= 0.3 is 6.03 Å². The van der Waals surface area contributed by atoms with Crippen molar-refractivity contribution in [2.75, 3.05) is 11.9 Å². The van der Waals surface area contributed by atoms with Crippen LogP contribution in [0.4, 0.5) is 10.5 Å². The van der Waals surface area contributed by atoms with Gasteiger partial charge in [0.2, 0.25) is 5.91 Å². The summed E-state index contributed by atoms with van der Waals surface area (Å²) in [5.74, 6) is -0.790. The summed E-state index contributed by atoms with van der Waals surface area (Å²) in [6.45, 7) is 1.10. The first-order valence-corrected chi connectivity index (χ1v) is 7.52. The highest BCUT2D eigenvalue weighted by molar-refractivity contribution is 6.33. The van der Waals surface area contributed by atoms with E-state index >= 15 is 0 Å². The Morgan fingerprint density at radius 3 is 2.71 bits per heavy atom. The molecule has 1 aliphatic rings. The van der Waals surface area contributed by atoms with Gasteiger partial charge in [0.15, 0.2) is 5.54 Å². The Morgan fingerprint density at radius 1 is 1.29 bits per heavy atom. The maximum absolute atomic E-state index is 12.6. The van der Waals surface area contributed by atoms with E-state index in [1.165, 1.54) is 13.2 Å². The monoisotopic (exact) mass is 347 g/mol. The van der Waals surface area contributed by atoms with Gasteiger partial charge in [-0.3, -0.25) is 14.5 Å². The molecular formula is C16H14ClN3O4. The number of furan rings is 1. The minimum Gasteiger partial charge on any atom is -0.466 e. The van der Waals surface area contributed by atoms with Gasteiger partial charge in [0.05, 0.1) is 17.0 Å². The molecular weight excluding hydrogens is 334 g/mol. The molecule has 8 heteroatoms. The molecule has 124 valence electrons. The van der Waals surface area contributed by atoms with Crippen LogP contribution >= 0.6 is 11.6 Å². The summed E-state index contributed by atoms with van der Waals surface area (Å²) in [5, 5.41) is 5.49. The van der Waals surface area contributed by atoms with E-state index < -0.39 is 29.9 Å². The molecule has 3 rings (SSSR count). The Kier molecular flexibility index (Phi) is 4.02. The topological polar surface area (TPSA) is 91.7 Å². The van der Waals surface area contributed by atoms with E-state index in [1.54, 1.807) is 36.4 Å². The van der Waals surface area contributed by atoms with Gasteiger partial charge < -0.3 is 15.1 Å². The number of hydrogen-bond donors (Lipinski definition) is 2. The smallest absolute Gasteiger partial charge is 0.325 e. The molecule has 0 spiro atoms. The van der Waals surface area contributed by atoms with Crippen molar-refractivity contribution in [2.24, 2.45) is 0 Å². The van der Waals surface area contributed by atoms with Gasteiger partial charge in [-0.1, -0.05) is 23.7 Å². The molecule has 2 aromatic rings. The van der Waals surface area contributed by atoms with Crippen molar-refractivity contribution in [1.82, 2.24) is 10.2 Å². The quantitative estimate of drug-likeness (QED) is 0.830. The maximum Gasteiger partial charge on any atom is 0.325 e. The standard InChI is InChI=1S/C16H14ClN3O4/c1-16(12-7-4-8-24-12)14(22)20(15(23)19-16)9-13(21)18-11-6-3-2-5-10(11)17/h2-8H,9H2,1H3,(H,18,21)(H,19,23). The van der Waals surface area contributed by atoms with Crippen molar-refractivity contribution in [3.05, 3.63) is 53.4 Å². The molecule has 1 aromatic carbocycles. The van der Waals surface area contributed by atoms with E-state index in [1.807, 2.05) is 0 Å². The molecule has 0 radical (unpaired) electrons.